The van der Waals surface area contributed by atoms with E-state index in [-0.39, 0.29) is 11.9 Å². The monoisotopic (exact) mass is 193 g/mol. The second kappa shape index (κ2) is 3.70. The second-order valence-corrected chi connectivity index (χ2v) is 4.15. The number of benzene rings is 1. The molecule has 0 saturated heterocycles. The minimum atomic E-state index is -0.188. The lowest BCUT2D eigenvalue weighted by molar-refractivity contribution is 0.559. The summed E-state index contributed by atoms with van der Waals surface area (Å²) in [7, 11) is 0. The predicted octanol–water partition coefficient (Wildman–Crippen LogP) is 2.87. The first kappa shape index (κ1) is 9.66. The number of hydrogen-bond donors (Lipinski definition) is 1. The Kier molecular flexibility index (Phi) is 2.55. The van der Waals surface area contributed by atoms with Crippen LogP contribution >= 0.6 is 0 Å². The van der Waals surface area contributed by atoms with Gasteiger partial charge in [-0.25, -0.2) is 4.39 Å². The van der Waals surface area contributed by atoms with Gasteiger partial charge in [0, 0.05) is 6.04 Å². The van der Waals surface area contributed by atoms with Gasteiger partial charge in [-0.1, -0.05) is 25.5 Å². The van der Waals surface area contributed by atoms with Crippen LogP contribution in [0, 0.1) is 17.7 Å². The smallest absolute Gasteiger partial charge is 0.123 e. The third-order valence-corrected chi connectivity index (χ3v) is 3.20. The molecule has 1 aromatic carbocycles. The van der Waals surface area contributed by atoms with E-state index in [0.717, 1.165) is 11.5 Å². The summed E-state index contributed by atoms with van der Waals surface area (Å²) in [5, 5.41) is 0. The molecule has 1 fully saturated rings. The van der Waals surface area contributed by atoms with E-state index in [1.807, 2.05) is 6.07 Å². The molecule has 1 aliphatic carbocycles. The van der Waals surface area contributed by atoms with Gasteiger partial charge in [0.1, 0.15) is 5.82 Å². The van der Waals surface area contributed by atoms with Gasteiger partial charge in [0.25, 0.3) is 0 Å². The zero-order valence-corrected chi connectivity index (χ0v) is 8.41. The fourth-order valence-corrected chi connectivity index (χ4v) is 2.14. The normalized spacial score (nSPS) is 27.4. The molecule has 2 heteroatoms. The van der Waals surface area contributed by atoms with Crippen LogP contribution in [-0.2, 0) is 0 Å². The molecule has 0 aromatic heterocycles. The van der Waals surface area contributed by atoms with Crippen LogP contribution in [0.2, 0.25) is 0 Å². The third-order valence-electron chi connectivity index (χ3n) is 3.20. The van der Waals surface area contributed by atoms with Crippen LogP contribution in [0.15, 0.2) is 24.3 Å². The molecule has 1 aliphatic rings. The van der Waals surface area contributed by atoms with Crippen molar-refractivity contribution in [2.75, 3.05) is 0 Å². The summed E-state index contributed by atoms with van der Waals surface area (Å²) in [6.07, 6.45) is 2.39. The van der Waals surface area contributed by atoms with Gasteiger partial charge in [-0.05, 0) is 36.0 Å². The zero-order chi connectivity index (χ0) is 10.1. The van der Waals surface area contributed by atoms with E-state index in [4.69, 9.17) is 5.73 Å². The molecular weight excluding hydrogens is 177 g/mol. The highest BCUT2D eigenvalue weighted by Gasteiger charge is 2.40. The Balaban J connectivity index is 2.08. The Hall–Kier alpha value is -0.890. The van der Waals surface area contributed by atoms with Crippen LogP contribution in [-0.4, -0.2) is 0 Å². The van der Waals surface area contributed by atoms with E-state index in [1.54, 1.807) is 12.1 Å². The largest absolute Gasteiger partial charge is 0.324 e. The van der Waals surface area contributed by atoms with Gasteiger partial charge < -0.3 is 5.73 Å². The van der Waals surface area contributed by atoms with Crippen LogP contribution in [0.3, 0.4) is 0 Å². The summed E-state index contributed by atoms with van der Waals surface area (Å²) < 4.78 is 12.9. The van der Waals surface area contributed by atoms with Gasteiger partial charge in [0.15, 0.2) is 0 Å². The van der Waals surface area contributed by atoms with Crippen LogP contribution in [0.25, 0.3) is 0 Å². The van der Waals surface area contributed by atoms with Crippen molar-refractivity contribution in [1.29, 1.82) is 0 Å². The lowest BCUT2D eigenvalue weighted by atomic mass is 10.0. The number of rotatable bonds is 3. The average molecular weight is 193 g/mol. The number of hydrogen-bond acceptors (Lipinski definition) is 1. The number of nitrogens with two attached hydrogens (primary N) is 1. The summed E-state index contributed by atoms with van der Waals surface area (Å²) >= 11 is 0. The molecule has 0 heterocycles. The Morgan fingerprint density at radius 1 is 1.57 bits per heavy atom. The van der Waals surface area contributed by atoms with Crippen molar-refractivity contribution in [3.63, 3.8) is 0 Å². The lowest BCUT2D eigenvalue weighted by Crippen LogP contribution is -2.13. The van der Waals surface area contributed by atoms with Gasteiger partial charge in [-0.2, -0.15) is 0 Å². The molecule has 0 spiro atoms. The summed E-state index contributed by atoms with van der Waals surface area (Å²) in [4.78, 5) is 0. The van der Waals surface area contributed by atoms with Crippen molar-refractivity contribution in [1.82, 2.24) is 0 Å². The average Bonchev–Trinajstić information content (AvgIpc) is 2.95. The second-order valence-electron chi connectivity index (χ2n) is 4.15. The molecule has 0 radical (unpaired) electrons. The molecule has 0 bridgehead atoms. The maximum absolute atomic E-state index is 12.9. The molecule has 1 unspecified atom stereocenters. The van der Waals surface area contributed by atoms with E-state index < -0.39 is 0 Å². The highest BCUT2D eigenvalue weighted by Crippen LogP contribution is 2.48. The van der Waals surface area contributed by atoms with Gasteiger partial charge in [0.05, 0.1) is 0 Å². The molecule has 2 rings (SSSR count). The van der Waals surface area contributed by atoms with E-state index in [1.165, 1.54) is 18.9 Å². The summed E-state index contributed by atoms with van der Waals surface area (Å²) in [6, 6.07) is 6.68. The quantitative estimate of drug-likeness (QED) is 0.784. The fraction of sp³-hybridized carbons (Fsp3) is 0.500. The number of halogens is 1. The Labute approximate surface area is 84.1 Å². The zero-order valence-electron chi connectivity index (χ0n) is 8.41. The highest BCUT2D eigenvalue weighted by molar-refractivity contribution is 5.22. The first-order valence-electron chi connectivity index (χ1n) is 5.23. The lowest BCUT2D eigenvalue weighted by Gasteiger charge is -2.11. The van der Waals surface area contributed by atoms with E-state index >= 15 is 0 Å². The van der Waals surface area contributed by atoms with Crippen LogP contribution in [0.5, 0.6) is 0 Å². The minimum absolute atomic E-state index is 0.0237. The van der Waals surface area contributed by atoms with E-state index in [0.29, 0.717) is 5.92 Å². The molecule has 1 aromatic rings. The first-order valence-corrected chi connectivity index (χ1v) is 5.23. The third kappa shape index (κ3) is 1.80. The molecular formula is C12H16FN. The maximum atomic E-state index is 12.9. The van der Waals surface area contributed by atoms with Crippen molar-refractivity contribution in [3.8, 4) is 0 Å². The van der Waals surface area contributed by atoms with Gasteiger partial charge in [-0.15, -0.1) is 0 Å². The summed E-state index contributed by atoms with van der Waals surface area (Å²) in [6.45, 7) is 2.18. The minimum Gasteiger partial charge on any atom is -0.324 e. The molecule has 0 aliphatic heterocycles. The highest BCUT2D eigenvalue weighted by atomic mass is 19.1. The Bertz CT molecular complexity index is 324. The molecule has 3 atom stereocenters. The molecule has 1 saturated carbocycles. The molecule has 76 valence electrons. The predicted molar refractivity (Wildman–Crippen MR) is 55.2 cm³/mol. The fourth-order valence-electron chi connectivity index (χ4n) is 2.14. The van der Waals surface area contributed by atoms with Gasteiger partial charge in [-0.3, -0.25) is 0 Å². The maximum Gasteiger partial charge on any atom is 0.123 e. The van der Waals surface area contributed by atoms with Crippen molar-refractivity contribution < 1.29 is 4.39 Å². The van der Waals surface area contributed by atoms with Gasteiger partial charge in [0.2, 0.25) is 0 Å². The van der Waals surface area contributed by atoms with Crippen LogP contribution in [0.1, 0.15) is 31.4 Å². The van der Waals surface area contributed by atoms with Crippen molar-refractivity contribution in [3.05, 3.63) is 35.6 Å². The SMILES string of the molecule is CC[C@@H]1C[C@H]1C(N)c1cccc(F)c1. The Morgan fingerprint density at radius 3 is 2.93 bits per heavy atom. The molecule has 2 N–H and O–H groups in total. The molecule has 0 amide bonds. The van der Waals surface area contributed by atoms with Crippen molar-refractivity contribution >= 4 is 0 Å². The molecule has 14 heavy (non-hydrogen) atoms. The first-order chi connectivity index (χ1) is 6.72. The Morgan fingerprint density at radius 2 is 2.36 bits per heavy atom. The van der Waals surface area contributed by atoms with Crippen molar-refractivity contribution in [2.24, 2.45) is 17.6 Å². The topological polar surface area (TPSA) is 26.0 Å². The van der Waals surface area contributed by atoms with E-state index in [9.17, 15) is 4.39 Å². The van der Waals surface area contributed by atoms with Gasteiger partial charge >= 0.3 is 0 Å². The molecule has 1 nitrogen and oxygen atoms in total. The van der Waals surface area contributed by atoms with E-state index in [2.05, 4.69) is 6.92 Å². The summed E-state index contributed by atoms with van der Waals surface area (Å²) in [5.74, 6) is 1.14. The summed E-state index contributed by atoms with van der Waals surface area (Å²) in [5.41, 5.74) is 7.00. The van der Waals surface area contributed by atoms with Crippen LogP contribution < -0.4 is 5.73 Å². The van der Waals surface area contributed by atoms with Crippen LogP contribution in [0.4, 0.5) is 4.39 Å². The van der Waals surface area contributed by atoms with Crippen molar-refractivity contribution in [2.45, 2.75) is 25.8 Å². The standard InChI is InChI=1S/C12H16FN/c1-2-8-7-11(8)12(14)9-4-3-5-10(13)6-9/h3-6,8,11-12H,2,7,14H2,1H3/t8-,11-,12?/m1/s1.